The lowest BCUT2D eigenvalue weighted by atomic mass is 10.3. The summed E-state index contributed by atoms with van der Waals surface area (Å²) in [7, 11) is 0. The van der Waals surface area contributed by atoms with Crippen LogP contribution >= 0.6 is 11.6 Å². The normalized spacial score (nSPS) is 10.2. The van der Waals surface area contributed by atoms with E-state index in [4.69, 9.17) is 17.3 Å². The summed E-state index contributed by atoms with van der Waals surface area (Å²) in [6.07, 6.45) is 3.92. The summed E-state index contributed by atoms with van der Waals surface area (Å²) in [4.78, 5) is 0. The molecule has 1 heterocycles. The van der Waals surface area contributed by atoms with Crippen LogP contribution in [0.5, 0.6) is 0 Å². The molecular formula is C10H9ClN2. The fraction of sp³-hybridized carbons (Fsp3) is 0. The van der Waals surface area contributed by atoms with Gasteiger partial charge in [-0.2, -0.15) is 0 Å². The molecule has 0 spiro atoms. The molecule has 2 nitrogen and oxygen atoms in total. The smallest absolute Gasteiger partial charge is 0.0656 e. The van der Waals surface area contributed by atoms with Gasteiger partial charge in [-0.05, 0) is 30.3 Å². The Kier molecular flexibility index (Phi) is 1.99. The van der Waals surface area contributed by atoms with E-state index in [0.717, 1.165) is 5.69 Å². The van der Waals surface area contributed by atoms with E-state index in [0.29, 0.717) is 10.7 Å². The van der Waals surface area contributed by atoms with Crippen molar-refractivity contribution in [2.75, 3.05) is 5.73 Å². The van der Waals surface area contributed by atoms with Crippen molar-refractivity contribution in [3.63, 3.8) is 0 Å². The lowest BCUT2D eigenvalue weighted by molar-refractivity contribution is 1.08. The molecular weight excluding hydrogens is 184 g/mol. The van der Waals surface area contributed by atoms with E-state index in [1.54, 1.807) is 6.07 Å². The van der Waals surface area contributed by atoms with E-state index in [-0.39, 0.29) is 0 Å². The summed E-state index contributed by atoms with van der Waals surface area (Å²) in [6, 6.07) is 9.50. The average molecular weight is 193 g/mol. The van der Waals surface area contributed by atoms with Gasteiger partial charge < -0.3 is 10.3 Å². The molecule has 3 heteroatoms. The molecule has 0 aliphatic heterocycles. The molecule has 66 valence electrons. The fourth-order valence-electron chi connectivity index (χ4n) is 1.18. The van der Waals surface area contributed by atoms with Crippen LogP contribution in [0.4, 0.5) is 5.69 Å². The first kappa shape index (κ1) is 8.20. The minimum absolute atomic E-state index is 0.589. The Labute approximate surface area is 81.6 Å². The van der Waals surface area contributed by atoms with Crippen molar-refractivity contribution in [2.45, 2.75) is 0 Å². The lowest BCUT2D eigenvalue weighted by Crippen LogP contribution is -1.91. The number of benzene rings is 1. The Morgan fingerprint density at radius 2 is 1.85 bits per heavy atom. The molecule has 0 unspecified atom stereocenters. The summed E-state index contributed by atoms with van der Waals surface area (Å²) in [5.41, 5.74) is 7.23. The summed E-state index contributed by atoms with van der Waals surface area (Å²) < 4.78 is 1.98. The van der Waals surface area contributed by atoms with Crippen molar-refractivity contribution in [1.82, 2.24) is 4.57 Å². The van der Waals surface area contributed by atoms with Gasteiger partial charge in [-0.1, -0.05) is 11.6 Å². The quantitative estimate of drug-likeness (QED) is 0.692. The number of rotatable bonds is 1. The molecule has 13 heavy (non-hydrogen) atoms. The summed E-state index contributed by atoms with van der Waals surface area (Å²) in [6.45, 7) is 0. The second-order valence-corrected chi connectivity index (χ2v) is 3.20. The Hall–Kier alpha value is -1.41. The third-order valence-corrected chi connectivity index (χ3v) is 2.21. The first-order valence-corrected chi connectivity index (χ1v) is 4.33. The van der Waals surface area contributed by atoms with Crippen LogP contribution in [0.25, 0.3) is 5.69 Å². The zero-order valence-corrected chi connectivity index (χ0v) is 7.70. The highest BCUT2D eigenvalue weighted by Gasteiger charge is 1.98. The Morgan fingerprint density at radius 3 is 2.46 bits per heavy atom. The molecule has 0 bridgehead atoms. The zero-order valence-electron chi connectivity index (χ0n) is 6.94. The highest BCUT2D eigenvalue weighted by atomic mass is 35.5. The molecule has 2 aromatic rings. The first-order valence-electron chi connectivity index (χ1n) is 3.96. The van der Waals surface area contributed by atoms with E-state index in [1.807, 2.05) is 41.2 Å². The number of nitrogens with two attached hydrogens (primary N) is 1. The van der Waals surface area contributed by atoms with Crippen LogP contribution in [0.3, 0.4) is 0 Å². The summed E-state index contributed by atoms with van der Waals surface area (Å²) >= 11 is 5.89. The number of nitrogens with zero attached hydrogens (tertiary/aromatic N) is 1. The van der Waals surface area contributed by atoms with Crippen molar-refractivity contribution >= 4 is 17.3 Å². The van der Waals surface area contributed by atoms with Gasteiger partial charge in [-0.25, -0.2) is 0 Å². The number of halogens is 1. The van der Waals surface area contributed by atoms with Crippen LogP contribution in [0, 0.1) is 0 Å². The molecule has 1 aromatic carbocycles. The molecule has 0 amide bonds. The maximum absolute atomic E-state index is 5.89. The third kappa shape index (κ3) is 1.53. The van der Waals surface area contributed by atoms with E-state index in [9.17, 15) is 0 Å². The molecule has 0 aliphatic rings. The van der Waals surface area contributed by atoms with Crippen molar-refractivity contribution in [2.24, 2.45) is 0 Å². The fourth-order valence-corrected chi connectivity index (χ4v) is 1.36. The van der Waals surface area contributed by atoms with Gasteiger partial charge in [0.25, 0.3) is 0 Å². The van der Waals surface area contributed by atoms with Crippen LogP contribution in [0.15, 0.2) is 42.7 Å². The van der Waals surface area contributed by atoms with Gasteiger partial charge >= 0.3 is 0 Å². The van der Waals surface area contributed by atoms with Gasteiger partial charge in [-0.15, -0.1) is 0 Å². The van der Waals surface area contributed by atoms with E-state index >= 15 is 0 Å². The lowest BCUT2D eigenvalue weighted by Gasteiger charge is -2.04. The number of hydrogen-bond acceptors (Lipinski definition) is 1. The van der Waals surface area contributed by atoms with E-state index in [1.165, 1.54) is 0 Å². The van der Waals surface area contributed by atoms with Crippen molar-refractivity contribution in [3.05, 3.63) is 47.7 Å². The van der Waals surface area contributed by atoms with Crippen LogP contribution < -0.4 is 5.73 Å². The minimum atomic E-state index is 0.589. The molecule has 0 fully saturated rings. The van der Waals surface area contributed by atoms with Crippen LogP contribution in [-0.2, 0) is 0 Å². The second-order valence-electron chi connectivity index (χ2n) is 2.80. The van der Waals surface area contributed by atoms with Crippen molar-refractivity contribution in [1.29, 1.82) is 0 Å². The molecule has 2 rings (SSSR count). The van der Waals surface area contributed by atoms with Gasteiger partial charge in [-0.3, -0.25) is 0 Å². The van der Waals surface area contributed by atoms with Crippen LogP contribution in [0.2, 0.25) is 5.02 Å². The molecule has 2 N–H and O–H groups in total. The molecule has 0 aliphatic carbocycles. The van der Waals surface area contributed by atoms with Gasteiger partial charge in [0.1, 0.15) is 0 Å². The highest BCUT2D eigenvalue weighted by molar-refractivity contribution is 6.33. The van der Waals surface area contributed by atoms with Gasteiger partial charge in [0.2, 0.25) is 0 Å². The number of hydrogen-bond donors (Lipinski definition) is 1. The molecule has 0 saturated carbocycles. The maximum atomic E-state index is 5.89. The van der Waals surface area contributed by atoms with Crippen molar-refractivity contribution in [3.8, 4) is 5.69 Å². The largest absolute Gasteiger partial charge is 0.398 e. The molecule has 0 atom stereocenters. The summed E-state index contributed by atoms with van der Waals surface area (Å²) in [5, 5.41) is 0.589. The topological polar surface area (TPSA) is 30.9 Å². The Morgan fingerprint density at radius 1 is 1.15 bits per heavy atom. The highest BCUT2D eigenvalue weighted by Crippen LogP contribution is 2.21. The number of nitrogen functional groups attached to an aromatic ring is 1. The number of anilines is 1. The zero-order chi connectivity index (χ0) is 9.26. The second kappa shape index (κ2) is 3.15. The summed E-state index contributed by atoms with van der Waals surface area (Å²) in [5.74, 6) is 0. The Bertz CT molecular complexity index is 407. The van der Waals surface area contributed by atoms with Crippen molar-refractivity contribution < 1.29 is 0 Å². The maximum Gasteiger partial charge on any atom is 0.0656 e. The van der Waals surface area contributed by atoms with Gasteiger partial charge in [0, 0.05) is 18.1 Å². The van der Waals surface area contributed by atoms with E-state index in [2.05, 4.69) is 0 Å². The SMILES string of the molecule is Nc1ccc(-n2cccc2)cc1Cl. The van der Waals surface area contributed by atoms with Crippen LogP contribution in [-0.4, -0.2) is 4.57 Å². The standard InChI is InChI=1S/C10H9ClN2/c11-9-7-8(3-4-10(9)12)13-5-1-2-6-13/h1-7H,12H2. The van der Waals surface area contributed by atoms with Crippen LogP contribution in [0.1, 0.15) is 0 Å². The minimum Gasteiger partial charge on any atom is -0.398 e. The molecule has 0 saturated heterocycles. The predicted molar refractivity (Wildman–Crippen MR) is 55.2 cm³/mol. The molecule has 1 aromatic heterocycles. The predicted octanol–water partition coefficient (Wildman–Crippen LogP) is 2.71. The van der Waals surface area contributed by atoms with Gasteiger partial charge in [0.15, 0.2) is 0 Å². The average Bonchev–Trinajstić information content (AvgIpc) is 2.62. The monoisotopic (exact) mass is 192 g/mol. The van der Waals surface area contributed by atoms with Gasteiger partial charge in [0.05, 0.1) is 10.7 Å². The Balaban J connectivity index is 2.49. The van der Waals surface area contributed by atoms with E-state index < -0.39 is 0 Å². The number of aromatic nitrogens is 1. The first-order chi connectivity index (χ1) is 6.27. The third-order valence-electron chi connectivity index (χ3n) is 1.89. The molecule has 0 radical (unpaired) electrons.